The highest BCUT2D eigenvalue weighted by Crippen LogP contribution is 2.34. The molecular weight excluding hydrogens is 466 g/mol. The third-order valence-corrected chi connectivity index (χ3v) is 6.73. The minimum absolute atomic E-state index is 0.124. The van der Waals surface area contributed by atoms with Crippen LogP contribution < -0.4 is 10.6 Å². The molecule has 0 fully saturated rings. The number of fused-ring (bicyclic) bond motifs is 3. The number of benzene rings is 2. The zero-order chi connectivity index (χ0) is 26.2. The summed E-state index contributed by atoms with van der Waals surface area (Å²) >= 11 is 0. The van der Waals surface area contributed by atoms with Gasteiger partial charge in [0.1, 0.15) is 0 Å². The minimum Gasteiger partial charge on any atom is -0.344 e. The fourth-order valence-electron chi connectivity index (χ4n) is 5.07. The van der Waals surface area contributed by atoms with Crippen molar-refractivity contribution in [2.45, 2.75) is 58.4 Å². The number of carbonyl (C=O) groups is 2. The summed E-state index contributed by atoms with van der Waals surface area (Å²) in [4.78, 5) is 28.0. The SMILES string of the molecule is CC(CC(=O)Nc1ccc(C#N)cc1)CC(=O)Nc1ccc2c(c1)c1c(n2CCCN=[N+]=[N-])CCCC1. The molecule has 1 atom stereocenters. The maximum Gasteiger partial charge on any atom is 0.224 e. The van der Waals surface area contributed by atoms with E-state index >= 15 is 0 Å². The van der Waals surface area contributed by atoms with E-state index in [0.717, 1.165) is 43.4 Å². The Hall–Kier alpha value is -4.28. The number of azide groups is 1. The molecule has 0 saturated carbocycles. The number of nitriles is 1. The van der Waals surface area contributed by atoms with Crippen LogP contribution in [-0.2, 0) is 29.0 Å². The highest BCUT2D eigenvalue weighted by atomic mass is 16.2. The lowest BCUT2D eigenvalue weighted by Crippen LogP contribution is -2.20. The lowest BCUT2D eigenvalue weighted by molar-refractivity contribution is -0.118. The van der Waals surface area contributed by atoms with Crippen molar-refractivity contribution >= 4 is 34.1 Å². The van der Waals surface area contributed by atoms with Crippen LogP contribution in [0.2, 0.25) is 0 Å². The molecule has 37 heavy (non-hydrogen) atoms. The van der Waals surface area contributed by atoms with E-state index in [1.54, 1.807) is 24.3 Å². The first kappa shape index (κ1) is 25.8. The lowest BCUT2D eigenvalue weighted by atomic mass is 9.95. The molecule has 4 rings (SSSR count). The molecule has 0 saturated heterocycles. The quantitative estimate of drug-likeness (QED) is 0.152. The van der Waals surface area contributed by atoms with Crippen molar-refractivity contribution < 1.29 is 9.59 Å². The maximum atomic E-state index is 12.7. The van der Waals surface area contributed by atoms with Crippen LogP contribution in [0.5, 0.6) is 0 Å². The molecule has 0 aliphatic heterocycles. The summed E-state index contributed by atoms with van der Waals surface area (Å²) in [5, 5.41) is 19.5. The Bertz CT molecular complexity index is 1380. The van der Waals surface area contributed by atoms with E-state index in [2.05, 4.69) is 37.4 Å². The van der Waals surface area contributed by atoms with Crippen molar-refractivity contribution in [3.8, 4) is 6.07 Å². The lowest BCUT2D eigenvalue weighted by Gasteiger charge is -2.15. The Morgan fingerprint density at radius 2 is 1.76 bits per heavy atom. The number of nitrogens with zero attached hydrogens (tertiary/aromatic N) is 5. The van der Waals surface area contributed by atoms with Gasteiger partial charge in [-0.25, -0.2) is 0 Å². The second kappa shape index (κ2) is 12.1. The number of amides is 2. The van der Waals surface area contributed by atoms with Gasteiger partial charge in [-0.2, -0.15) is 5.26 Å². The second-order valence-electron chi connectivity index (χ2n) is 9.62. The molecule has 2 aromatic carbocycles. The molecule has 3 aromatic rings. The molecule has 1 unspecified atom stereocenters. The molecule has 0 spiro atoms. The first-order valence-electron chi connectivity index (χ1n) is 12.7. The van der Waals surface area contributed by atoms with Gasteiger partial charge in [0.25, 0.3) is 0 Å². The normalized spacial score (nSPS) is 13.2. The highest BCUT2D eigenvalue weighted by Gasteiger charge is 2.20. The molecule has 1 aromatic heterocycles. The van der Waals surface area contributed by atoms with Gasteiger partial charge in [0.15, 0.2) is 0 Å². The van der Waals surface area contributed by atoms with Crippen LogP contribution in [0.1, 0.15) is 55.8 Å². The summed E-state index contributed by atoms with van der Waals surface area (Å²) in [6, 6.07) is 14.8. The van der Waals surface area contributed by atoms with Crippen molar-refractivity contribution in [3.05, 3.63) is 69.7 Å². The van der Waals surface area contributed by atoms with Crippen LogP contribution in [0, 0.1) is 17.2 Å². The third-order valence-electron chi connectivity index (χ3n) is 6.73. The van der Waals surface area contributed by atoms with E-state index in [-0.39, 0.29) is 30.6 Å². The van der Waals surface area contributed by atoms with E-state index in [1.807, 2.05) is 19.1 Å². The van der Waals surface area contributed by atoms with Gasteiger partial charge >= 0.3 is 0 Å². The van der Waals surface area contributed by atoms with Gasteiger partial charge < -0.3 is 15.2 Å². The molecular formula is C28H31N7O2. The fraction of sp³-hybridized carbons (Fsp3) is 0.393. The molecule has 1 heterocycles. The summed E-state index contributed by atoms with van der Waals surface area (Å²) in [6.45, 7) is 3.16. The average molecular weight is 498 g/mol. The van der Waals surface area contributed by atoms with Crippen LogP contribution in [0.25, 0.3) is 21.3 Å². The van der Waals surface area contributed by atoms with Crippen molar-refractivity contribution in [3.63, 3.8) is 0 Å². The minimum atomic E-state index is -0.167. The van der Waals surface area contributed by atoms with Gasteiger partial charge in [0.2, 0.25) is 11.8 Å². The predicted octanol–water partition coefficient (Wildman–Crippen LogP) is 6.09. The summed E-state index contributed by atoms with van der Waals surface area (Å²) < 4.78 is 2.34. The average Bonchev–Trinajstić information content (AvgIpc) is 3.19. The van der Waals surface area contributed by atoms with Gasteiger partial charge in [0, 0.05) is 58.8 Å². The zero-order valence-corrected chi connectivity index (χ0v) is 21.0. The number of rotatable bonds is 10. The summed E-state index contributed by atoms with van der Waals surface area (Å²) in [7, 11) is 0. The Morgan fingerprint density at radius 1 is 1.08 bits per heavy atom. The van der Waals surface area contributed by atoms with Gasteiger partial charge in [-0.15, -0.1) is 0 Å². The molecule has 1 aliphatic rings. The summed E-state index contributed by atoms with van der Waals surface area (Å²) in [5.74, 6) is -0.424. The predicted molar refractivity (Wildman–Crippen MR) is 144 cm³/mol. The van der Waals surface area contributed by atoms with E-state index in [1.165, 1.54) is 23.1 Å². The Kier molecular flexibility index (Phi) is 8.44. The van der Waals surface area contributed by atoms with Crippen LogP contribution >= 0.6 is 0 Å². The van der Waals surface area contributed by atoms with Gasteiger partial charge in [0.05, 0.1) is 11.6 Å². The molecule has 9 nitrogen and oxygen atoms in total. The number of anilines is 2. The largest absolute Gasteiger partial charge is 0.344 e. The number of aryl methyl sites for hydroxylation is 2. The topological polar surface area (TPSA) is 136 Å². The molecule has 0 bridgehead atoms. The van der Waals surface area contributed by atoms with Crippen LogP contribution in [0.15, 0.2) is 47.6 Å². The molecule has 2 N–H and O–H groups in total. The van der Waals surface area contributed by atoms with E-state index in [4.69, 9.17) is 10.8 Å². The van der Waals surface area contributed by atoms with Crippen LogP contribution in [-0.4, -0.2) is 22.9 Å². The number of hydrogen-bond donors (Lipinski definition) is 2. The maximum absolute atomic E-state index is 12.7. The number of aromatic nitrogens is 1. The number of nitrogens with one attached hydrogen (secondary N) is 2. The number of hydrogen-bond acceptors (Lipinski definition) is 4. The second-order valence-corrected chi connectivity index (χ2v) is 9.62. The van der Waals surface area contributed by atoms with E-state index in [0.29, 0.717) is 17.8 Å². The molecule has 1 aliphatic carbocycles. The van der Waals surface area contributed by atoms with Crippen LogP contribution in [0.4, 0.5) is 11.4 Å². The Morgan fingerprint density at radius 3 is 2.46 bits per heavy atom. The molecule has 0 radical (unpaired) electrons. The number of carbonyl (C=O) groups excluding carboxylic acids is 2. The van der Waals surface area contributed by atoms with Crippen molar-refractivity contribution in [2.75, 3.05) is 17.2 Å². The van der Waals surface area contributed by atoms with Gasteiger partial charge in [-0.05, 0) is 91.6 Å². The van der Waals surface area contributed by atoms with Crippen molar-refractivity contribution in [1.82, 2.24) is 4.57 Å². The zero-order valence-electron chi connectivity index (χ0n) is 21.0. The van der Waals surface area contributed by atoms with Crippen LogP contribution in [0.3, 0.4) is 0 Å². The van der Waals surface area contributed by atoms with E-state index < -0.39 is 0 Å². The first-order chi connectivity index (χ1) is 18.0. The Balaban J connectivity index is 1.37. The smallest absolute Gasteiger partial charge is 0.224 e. The van der Waals surface area contributed by atoms with Crippen molar-refractivity contribution in [2.24, 2.45) is 11.0 Å². The standard InChI is InChI=1S/C28H31N7O2/c1-19(15-27(36)32-21-9-7-20(18-29)8-10-21)16-28(37)33-22-11-12-26-24(17-22)23-5-2-3-6-25(23)35(26)14-4-13-31-34-30/h7-12,17,19H,2-6,13-16H2,1H3,(H,32,36)(H,33,37). The first-order valence-corrected chi connectivity index (χ1v) is 12.7. The third kappa shape index (κ3) is 6.49. The summed E-state index contributed by atoms with van der Waals surface area (Å²) in [6.07, 6.45) is 5.63. The van der Waals surface area contributed by atoms with E-state index in [9.17, 15) is 9.59 Å². The van der Waals surface area contributed by atoms with Crippen molar-refractivity contribution in [1.29, 1.82) is 5.26 Å². The van der Waals surface area contributed by atoms with Gasteiger partial charge in [-0.1, -0.05) is 12.0 Å². The molecule has 2 amide bonds. The monoisotopic (exact) mass is 497 g/mol. The Labute approximate surface area is 216 Å². The fourth-order valence-corrected chi connectivity index (χ4v) is 5.07. The summed E-state index contributed by atoms with van der Waals surface area (Å²) in [5.41, 5.74) is 14.3. The highest BCUT2D eigenvalue weighted by molar-refractivity contribution is 5.96. The van der Waals surface area contributed by atoms with Gasteiger partial charge in [-0.3, -0.25) is 9.59 Å². The molecule has 190 valence electrons. The molecule has 9 heteroatoms.